The maximum absolute atomic E-state index is 13.4. The number of nitrogens with zero attached hydrogens (tertiary/aromatic N) is 2. The number of methoxy groups -OCH3 is 2. The number of amides is 2. The van der Waals surface area contributed by atoms with Gasteiger partial charge in [-0.05, 0) is 64.4 Å². The fourth-order valence-corrected chi connectivity index (χ4v) is 4.94. The van der Waals surface area contributed by atoms with Gasteiger partial charge < -0.3 is 24.0 Å². The Balaban J connectivity index is 1.96. The van der Waals surface area contributed by atoms with Gasteiger partial charge in [0.2, 0.25) is 5.91 Å². The number of rotatable bonds is 9. The molecule has 0 radical (unpaired) electrons. The van der Waals surface area contributed by atoms with E-state index >= 15 is 0 Å². The third-order valence-electron chi connectivity index (χ3n) is 6.45. The molecule has 2 aromatic rings. The summed E-state index contributed by atoms with van der Waals surface area (Å²) in [6.07, 6.45) is 0.481. The number of carbonyl (C=O) groups is 3. The first-order chi connectivity index (χ1) is 17.2. The highest BCUT2D eigenvalue weighted by molar-refractivity contribution is 5.97. The molecular formula is C28H36N2O6. The molecule has 36 heavy (non-hydrogen) atoms. The summed E-state index contributed by atoms with van der Waals surface area (Å²) in [5, 5.41) is 0. The van der Waals surface area contributed by atoms with Crippen molar-refractivity contribution in [3.63, 3.8) is 0 Å². The van der Waals surface area contributed by atoms with Gasteiger partial charge in [-0.3, -0.25) is 14.4 Å². The van der Waals surface area contributed by atoms with E-state index < -0.39 is 17.9 Å². The second-order valence-corrected chi connectivity index (χ2v) is 9.39. The van der Waals surface area contributed by atoms with Gasteiger partial charge in [0.15, 0.2) is 6.61 Å². The number of hydrogen-bond acceptors (Lipinski definition) is 6. The Morgan fingerprint density at radius 3 is 2.19 bits per heavy atom. The normalized spacial score (nSPS) is 17.8. The van der Waals surface area contributed by atoms with Crippen LogP contribution in [0, 0.1) is 5.92 Å². The zero-order chi connectivity index (χ0) is 26.4. The Hall–Kier alpha value is -3.55. The van der Waals surface area contributed by atoms with Crippen molar-refractivity contribution in [1.29, 1.82) is 0 Å². The summed E-state index contributed by atoms with van der Waals surface area (Å²) >= 11 is 0. The molecule has 0 spiro atoms. The van der Waals surface area contributed by atoms with Crippen LogP contribution in [0.5, 0.6) is 11.5 Å². The zero-order valence-electron chi connectivity index (χ0n) is 21.9. The molecule has 1 fully saturated rings. The van der Waals surface area contributed by atoms with Crippen LogP contribution in [-0.2, 0) is 19.1 Å². The van der Waals surface area contributed by atoms with Crippen LogP contribution < -0.4 is 14.4 Å². The van der Waals surface area contributed by atoms with E-state index in [1.807, 2.05) is 45.9 Å². The van der Waals surface area contributed by atoms with Crippen molar-refractivity contribution >= 4 is 23.5 Å². The topological polar surface area (TPSA) is 85.4 Å². The average molecular weight is 497 g/mol. The maximum atomic E-state index is 13.4. The Kier molecular flexibility index (Phi) is 8.96. The number of piperidine rings is 1. The predicted octanol–water partition coefficient (Wildman–Crippen LogP) is 4.38. The van der Waals surface area contributed by atoms with Crippen molar-refractivity contribution in [3.05, 3.63) is 54.1 Å². The van der Waals surface area contributed by atoms with Crippen molar-refractivity contribution in [2.45, 2.75) is 58.7 Å². The van der Waals surface area contributed by atoms with Crippen LogP contribution >= 0.6 is 0 Å². The molecule has 0 aromatic heterocycles. The molecule has 194 valence electrons. The van der Waals surface area contributed by atoms with Crippen LogP contribution in [0.4, 0.5) is 5.69 Å². The van der Waals surface area contributed by atoms with E-state index in [0.29, 0.717) is 29.2 Å². The number of ether oxygens (including phenoxy) is 3. The van der Waals surface area contributed by atoms with E-state index in [9.17, 15) is 14.4 Å². The molecular weight excluding hydrogens is 460 g/mol. The Bertz CT molecular complexity index is 1060. The monoisotopic (exact) mass is 496 g/mol. The lowest BCUT2D eigenvalue weighted by Gasteiger charge is -2.41. The first-order valence-corrected chi connectivity index (χ1v) is 12.3. The van der Waals surface area contributed by atoms with Crippen molar-refractivity contribution in [2.75, 3.05) is 25.7 Å². The van der Waals surface area contributed by atoms with Gasteiger partial charge in [0.25, 0.3) is 5.91 Å². The fourth-order valence-electron chi connectivity index (χ4n) is 4.94. The third-order valence-corrected chi connectivity index (χ3v) is 6.45. The summed E-state index contributed by atoms with van der Waals surface area (Å²) in [6, 6.07) is 13.8. The van der Waals surface area contributed by atoms with E-state index in [2.05, 4.69) is 0 Å². The van der Waals surface area contributed by atoms with E-state index in [0.717, 1.165) is 0 Å². The fraction of sp³-hybridized carbons (Fsp3) is 0.464. The second kappa shape index (κ2) is 11.9. The van der Waals surface area contributed by atoms with Crippen LogP contribution in [0.2, 0.25) is 0 Å². The minimum Gasteiger partial charge on any atom is -0.497 e. The molecule has 2 atom stereocenters. The molecule has 1 saturated heterocycles. The zero-order valence-corrected chi connectivity index (χ0v) is 21.9. The molecule has 1 aliphatic rings. The van der Waals surface area contributed by atoms with E-state index in [-0.39, 0.29) is 36.9 Å². The van der Waals surface area contributed by atoms with Gasteiger partial charge in [-0.25, -0.2) is 0 Å². The van der Waals surface area contributed by atoms with Crippen LogP contribution in [0.15, 0.2) is 48.5 Å². The second-order valence-electron chi connectivity index (χ2n) is 9.39. The highest BCUT2D eigenvalue weighted by atomic mass is 16.5. The quantitative estimate of drug-likeness (QED) is 0.479. The summed E-state index contributed by atoms with van der Waals surface area (Å²) in [5.74, 6) is -0.331. The van der Waals surface area contributed by atoms with E-state index in [1.165, 1.54) is 0 Å². The number of carbonyl (C=O) groups excluding carboxylic acids is 3. The molecule has 0 aliphatic carbocycles. The predicted molar refractivity (Wildman–Crippen MR) is 137 cm³/mol. The lowest BCUT2D eigenvalue weighted by molar-refractivity contribution is -0.158. The summed E-state index contributed by atoms with van der Waals surface area (Å²) in [5.41, 5.74) is 1.33. The van der Waals surface area contributed by atoms with Crippen LogP contribution in [0.1, 0.15) is 52.1 Å². The first kappa shape index (κ1) is 27.0. The van der Waals surface area contributed by atoms with Gasteiger partial charge >= 0.3 is 5.97 Å². The van der Waals surface area contributed by atoms with Crippen LogP contribution in [-0.4, -0.2) is 55.6 Å². The molecule has 0 saturated carbocycles. The third kappa shape index (κ3) is 5.80. The summed E-state index contributed by atoms with van der Waals surface area (Å²) in [7, 11) is 3.13. The molecule has 2 aromatic carbocycles. The van der Waals surface area contributed by atoms with Crippen molar-refractivity contribution in [1.82, 2.24) is 4.90 Å². The van der Waals surface area contributed by atoms with Gasteiger partial charge in [-0.1, -0.05) is 18.2 Å². The molecule has 2 amide bonds. The highest BCUT2D eigenvalue weighted by Gasteiger charge is 2.43. The molecule has 1 aliphatic heterocycles. The van der Waals surface area contributed by atoms with Gasteiger partial charge in [0, 0.05) is 29.8 Å². The van der Waals surface area contributed by atoms with Gasteiger partial charge in [0.05, 0.1) is 26.2 Å². The minimum absolute atomic E-state index is 0.0182. The van der Waals surface area contributed by atoms with Crippen LogP contribution in [0.25, 0.3) is 0 Å². The lowest BCUT2D eigenvalue weighted by Crippen LogP contribution is -2.47. The smallest absolute Gasteiger partial charge is 0.311 e. The lowest BCUT2D eigenvalue weighted by atomic mass is 9.83. The Labute approximate surface area is 213 Å². The highest BCUT2D eigenvalue weighted by Crippen LogP contribution is 2.43. The van der Waals surface area contributed by atoms with E-state index in [4.69, 9.17) is 14.2 Å². The molecule has 0 N–H and O–H groups in total. The standard InChI is InChI=1S/C28H36N2O6/c1-18(2)29(19(3)4)26(32)17-36-28(33)23-15-16-25(31)30(20-11-13-21(34-5)14-12-20)27(23)22-9-7-8-10-24(22)35-6/h7-14,18-19,23,27H,15-17H2,1-6H3. The van der Waals surface area contributed by atoms with Gasteiger partial charge in [0.1, 0.15) is 11.5 Å². The minimum atomic E-state index is -0.680. The number of hydrogen-bond donors (Lipinski definition) is 0. The summed E-state index contributed by atoms with van der Waals surface area (Å²) in [4.78, 5) is 42.8. The van der Waals surface area contributed by atoms with Crippen molar-refractivity contribution < 1.29 is 28.6 Å². The number of esters is 1. The van der Waals surface area contributed by atoms with Crippen molar-refractivity contribution in [3.8, 4) is 11.5 Å². The maximum Gasteiger partial charge on any atom is 0.311 e. The molecule has 3 rings (SSSR count). The SMILES string of the molecule is COc1ccc(N2C(=O)CCC(C(=O)OCC(=O)N(C(C)C)C(C)C)C2c2ccccc2OC)cc1. The Morgan fingerprint density at radius 1 is 0.972 bits per heavy atom. The molecule has 8 heteroatoms. The molecule has 0 bridgehead atoms. The number of para-hydroxylation sites is 1. The van der Waals surface area contributed by atoms with Crippen LogP contribution in [0.3, 0.4) is 0 Å². The molecule has 8 nitrogen and oxygen atoms in total. The average Bonchev–Trinajstić information content (AvgIpc) is 2.86. The first-order valence-electron chi connectivity index (χ1n) is 12.3. The largest absolute Gasteiger partial charge is 0.497 e. The summed E-state index contributed by atoms with van der Waals surface area (Å²) < 4.78 is 16.4. The summed E-state index contributed by atoms with van der Waals surface area (Å²) in [6.45, 7) is 7.36. The van der Waals surface area contributed by atoms with Crippen molar-refractivity contribution in [2.24, 2.45) is 5.92 Å². The molecule has 2 unspecified atom stereocenters. The molecule has 1 heterocycles. The van der Waals surface area contributed by atoms with Gasteiger partial charge in [-0.2, -0.15) is 0 Å². The Morgan fingerprint density at radius 2 is 1.61 bits per heavy atom. The number of anilines is 1. The number of benzene rings is 2. The van der Waals surface area contributed by atoms with Gasteiger partial charge in [-0.15, -0.1) is 0 Å². The van der Waals surface area contributed by atoms with E-state index in [1.54, 1.807) is 54.4 Å².